The summed E-state index contributed by atoms with van der Waals surface area (Å²) in [6, 6.07) is 6.84. The van der Waals surface area contributed by atoms with Gasteiger partial charge in [-0.15, -0.1) is 12.4 Å². The van der Waals surface area contributed by atoms with Crippen LogP contribution < -0.4 is 5.01 Å². The first-order valence-electron chi connectivity index (χ1n) is 5.44. The Kier molecular flexibility index (Phi) is 5.66. The zero-order valence-electron chi connectivity index (χ0n) is 10.2. The van der Waals surface area contributed by atoms with Gasteiger partial charge in [0.05, 0.1) is 12.3 Å². The quantitative estimate of drug-likeness (QED) is 0.873. The largest absolute Gasteiger partial charge is 0.448 e. The number of rotatable bonds is 3. The van der Waals surface area contributed by atoms with E-state index in [1.807, 2.05) is 0 Å². The Hall–Kier alpha value is -1.72. The molecule has 0 saturated heterocycles. The SMILES string of the molecule is CCOC(=O)N(c1ccncc1)n1cccc1Cl.Cl. The van der Waals surface area contributed by atoms with Crippen molar-refractivity contribution in [3.05, 3.63) is 48.0 Å². The molecule has 0 unspecified atom stereocenters. The molecule has 0 N–H and O–H groups in total. The van der Waals surface area contributed by atoms with Gasteiger partial charge in [0.25, 0.3) is 0 Å². The molecule has 0 saturated carbocycles. The lowest BCUT2D eigenvalue weighted by Gasteiger charge is -2.23. The third kappa shape index (κ3) is 3.39. The summed E-state index contributed by atoms with van der Waals surface area (Å²) in [6.07, 6.45) is 4.37. The minimum Gasteiger partial charge on any atom is -0.448 e. The molecule has 2 rings (SSSR count). The highest BCUT2D eigenvalue weighted by Crippen LogP contribution is 2.19. The fraction of sp³-hybridized carbons (Fsp3) is 0.167. The van der Waals surface area contributed by atoms with Gasteiger partial charge in [-0.1, -0.05) is 11.6 Å². The maximum absolute atomic E-state index is 12.0. The molecule has 0 spiro atoms. The average Bonchev–Trinajstić information content (AvgIpc) is 2.78. The van der Waals surface area contributed by atoms with Crippen molar-refractivity contribution in [2.75, 3.05) is 11.6 Å². The van der Waals surface area contributed by atoms with E-state index < -0.39 is 6.09 Å². The maximum atomic E-state index is 12.0. The average molecular weight is 302 g/mol. The van der Waals surface area contributed by atoms with Crippen molar-refractivity contribution in [1.29, 1.82) is 0 Å². The Morgan fingerprint density at radius 3 is 2.63 bits per heavy atom. The first-order valence-corrected chi connectivity index (χ1v) is 5.82. The first-order chi connectivity index (χ1) is 8.74. The van der Waals surface area contributed by atoms with Crippen LogP contribution in [-0.2, 0) is 4.74 Å². The number of anilines is 1. The van der Waals surface area contributed by atoms with Crippen molar-refractivity contribution in [2.24, 2.45) is 0 Å². The van der Waals surface area contributed by atoms with E-state index in [4.69, 9.17) is 16.3 Å². The van der Waals surface area contributed by atoms with E-state index in [9.17, 15) is 4.79 Å². The van der Waals surface area contributed by atoms with E-state index in [0.717, 1.165) is 0 Å². The Bertz CT molecular complexity index is 531. The molecule has 0 radical (unpaired) electrons. The molecule has 19 heavy (non-hydrogen) atoms. The zero-order chi connectivity index (χ0) is 13.0. The molecule has 0 atom stereocenters. The van der Waals surface area contributed by atoms with Gasteiger partial charge in [-0.05, 0) is 31.2 Å². The van der Waals surface area contributed by atoms with E-state index in [-0.39, 0.29) is 12.4 Å². The van der Waals surface area contributed by atoms with Gasteiger partial charge >= 0.3 is 6.09 Å². The topological polar surface area (TPSA) is 47.4 Å². The second kappa shape index (κ2) is 7.01. The molecule has 2 aromatic heterocycles. The summed E-state index contributed by atoms with van der Waals surface area (Å²) in [5.41, 5.74) is 0.626. The van der Waals surface area contributed by atoms with Gasteiger partial charge in [-0.25, -0.2) is 9.47 Å². The van der Waals surface area contributed by atoms with Gasteiger partial charge < -0.3 is 4.74 Å². The zero-order valence-corrected chi connectivity index (χ0v) is 11.8. The van der Waals surface area contributed by atoms with Crippen LogP contribution in [0.5, 0.6) is 0 Å². The molecule has 0 fully saturated rings. The lowest BCUT2D eigenvalue weighted by Crippen LogP contribution is -2.36. The molecule has 0 aliphatic rings. The normalized spacial score (nSPS) is 9.58. The van der Waals surface area contributed by atoms with Gasteiger partial charge in [0, 0.05) is 18.6 Å². The van der Waals surface area contributed by atoms with Crippen molar-refractivity contribution in [3.63, 3.8) is 0 Å². The van der Waals surface area contributed by atoms with Crippen LogP contribution in [0.25, 0.3) is 0 Å². The van der Waals surface area contributed by atoms with Gasteiger partial charge in [0.1, 0.15) is 5.15 Å². The monoisotopic (exact) mass is 301 g/mol. The minimum absolute atomic E-state index is 0. The van der Waals surface area contributed by atoms with Crippen LogP contribution in [0, 0.1) is 0 Å². The van der Waals surface area contributed by atoms with Crippen LogP contribution >= 0.6 is 24.0 Å². The molecule has 0 aliphatic heterocycles. The molecule has 5 nitrogen and oxygen atoms in total. The van der Waals surface area contributed by atoms with Crippen LogP contribution in [0.4, 0.5) is 10.5 Å². The summed E-state index contributed by atoms with van der Waals surface area (Å²) in [5, 5.41) is 1.76. The van der Waals surface area contributed by atoms with Crippen LogP contribution in [0.1, 0.15) is 6.92 Å². The van der Waals surface area contributed by atoms with Crippen LogP contribution in [0.2, 0.25) is 5.15 Å². The van der Waals surface area contributed by atoms with Gasteiger partial charge in [-0.3, -0.25) is 4.98 Å². The van der Waals surface area contributed by atoms with E-state index in [1.54, 1.807) is 49.8 Å². The Balaban J connectivity index is 0.00000180. The standard InChI is InChI=1S/C12H12ClN3O2.ClH/c1-2-18-12(17)16(10-5-7-14-8-6-10)15-9-3-4-11(15)13;/h3-9H,2H2,1H3;1H. The summed E-state index contributed by atoms with van der Waals surface area (Å²) in [6.45, 7) is 2.04. The molecular weight excluding hydrogens is 289 g/mol. The Labute approximate surface area is 122 Å². The maximum Gasteiger partial charge on any atom is 0.433 e. The molecule has 1 amide bonds. The molecule has 0 aromatic carbocycles. The number of carbonyl (C=O) groups excluding carboxylic acids is 1. The van der Waals surface area contributed by atoms with Gasteiger partial charge in [0.2, 0.25) is 0 Å². The number of aromatic nitrogens is 2. The van der Waals surface area contributed by atoms with Crippen molar-refractivity contribution in [1.82, 2.24) is 9.66 Å². The van der Waals surface area contributed by atoms with Crippen LogP contribution in [0.3, 0.4) is 0 Å². The van der Waals surface area contributed by atoms with Crippen molar-refractivity contribution in [2.45, 2.75) is 6.92 Å². The molecule has 0 bridgehead atoms. The summed E-state index contributed by atoms with van der Waals surface area (Å²) < 4.78 is 6.53. The molecule has 0 aliphatic carbocycles. The summed E-state index contributed by atoms with van der Waals surface area (Å²) in [7, 11) is 0. The van der Waals surface area contributed by atoms with Gasteiger partial charge in [0.15, 0.2) is 0 Å². The highest BCUT2D eigenvalue weighted by Gasteiger charge is 2.20. The number of ether oxygens (including phenoxy) is 1. The third-order valence-corrected chi connectivity index (χ3v) is 2.54. The molecule has 2 heterocycles. The van der Waals surface area contributed by atoms with Crippen LogP contribution in [-0.4, -0.2) is 22.4 Å². The highest BCUT2D eigenvalue weighted by molar-refractivity contribution is 6.29. The number of hydrogen-bond donors (Lipinski definition) is 0. The Morgan fingerprint density at radius 1 is 1.42 bits per heavy atom. The number of halogens is 2. The van der Waals surface area contributed by atoms with E-state index in [2.05, 4.69) is 4.98 Å². The van der Waals surface area contributed by atoms with Crippen molar-refractivity contribution >= 4 is 35.8 Å². The second-order valence-electron chi connectivity index (χ2n) is 3.39. The van der Waals surface area contributed by atoms with E-state index >= 15 is 0 Å². The van der Waals surface area contributed by atoms with E-state index in [0.29, 0.717) is 17.4 Å². The van der Waals surface area contributed by atoms with E-state index in [1.165, 1.54) is 9.69 Å². The first kappa shape index (κ1) is 15.3. The third-order valence-electron chi connectivity index (χ3n) is 2.24. The predicted octanol–water partition coefficient (Wildman–Crippen LogP) is 3.38. The van der Waals surface area contributed by atoms with Crippen molar-refractivity contribution in [3.8, 4) is 0 Å². The lowest BCUT2D eigenvalue weighted by molar-refractivity contribution is 0.157. The van der Waals surface area contributed by atoms with Gasteiger partial charge in [-0.2, -0.15) is 5.01 Å². The number of carbonyl (C=O) groups is 1. The fourth-order valence-electron chi connectivity index (χ4n) is 1.50. The summed E-state index contributed by atoms with van der Waals surface area (Å²) in [4.78, 5) is 15.9. The number of pyridine rings is 1. The number of amides is 1. The molecule has 2 aromatic rings. The smallest absolute Gasteiger partial charge is 0.433 e. The lowest BCUT2D eigenvalue weighted by atomic mass is 10.4. The second-order valence-corrected chi connectivity index (χ2v) is 3.78. The highest BCUT2D eigenvalue weighted by atomic mass is 35.5. The van der Waals surface area contributed by atoms with Crippen LogP contribution in [0.15, 0.2) is 42.9 Å². The fourth-order valence-corrected chi connectivity index (χ4v) is 1.71. The Morgan fingerprint density at radius 2 is 2.11 bits per heavy atom. The summed E-state index contributed by atoms with van der Waals surface area (Å²) >= 11 is 6.03. The predicted molar refractivity (Wildman–Crippen MR) is 75.8 cm³/mol. The minimum atomic E-state index is -0.498. The molecular formula is C12H13Cl2N3O2. The molecule has 102 valence electrons. The summed E-state index contributed by atoms with van der Waals surface area (Å²) in [5.74, 6) is 0. The number of nitrogens with zero attached hydrogens (tertiary/aromatic N) is 3. The molecule has 7 heteroatoms. The number of hydrogen-bond acceptors (Lipinski definition) is 3. The van der Waals surface area contributed by atoms with Crippen molar-refractivity contribution < 1.29 is 9.53 Å².